The van der Waals surface area contributed by atoms with Gasteiger partial charge in [0.15, 0.2) is 0 Å². The number of nitrogens with one attached hydrogen (secondary N) is 2. The highest BCUT2D eigenvalue weighted by Crippen LogP contribution is 2.30. The van der Waals surface area contributed by atoms with Gasteiger partial charge in [-0.05, 0) is 43.1 Å². The fourth-order valence-electron chi connectivity index (χ4n) is 7.56. The van der Waals surface area contributed by atoms with Crippen molar-refractivity contribution in [2.24, 2.45) is 23.7 Å². The number of carbonyl (C=O) groups is 4. The zero-order valence-electron chi connectivity index (χ0n) is 33.5. The first-order valence-electron chi connectivity index (χ1n) is 18.8. The lowest BCUT2D eigenvalue weighted by molar-refractivity contribution is -0.156. The number of rotatable bonds is 20. The molecule has 0 radical (unpaired) electrons. The molecule has 4 amide bonds. The Labute approximate surface area is 311 Å². The van der Waals surface area contributed by atoms with Crippen molar-refractivity contribution in [2.45, 2.75) is 130 Å². The van der Waals surface area contributed by atoms with Gasteiger partial charge in [0.1, 0.15) is 12.1 Å². The van der Waals surface area contributed by atoms with Gasteiger partial charge in [0.25, 0.3) is 0 Å². The van der Waals surface area contributed by atoms with Gasteiger partial charge >= 0.3 is 0 Å². The molecular formula is C39H67N5O8. The van der Waals surface area contributed by atoms with Gasteiger partial charge in [-0.2, -0.15) is 5.06 Å². The summed E-state index contributed by atoms with van der Waals surface area (Å²) in [5.41, 5.74) is 0.702. The van der Waals surface area contributed by atoms with Crippen molar-refractivity contribution in [2.75, 3.05) is 34.9 Å². The number of likely N-dealkylation sites (tertiary alicyclic amines) is 1. The summed E-state index contributed by atoms with van der Waals surface area (Å²) in [7, 11) is 6.18. The highest BCUT2D eigenvalue weighted by molar-refractivity contribution is 5.90. The van der Waals surface area contributed by atoms with Crippen LogP contribution < -0.4 is 10.6 Å². The Morgan fingerprint density at radius 1 is 0.923 bits per heavy atom. The van der Waals surface area contributed by atoms with Crippen molar-refractivity contribution in [3.8, 4) is 0 Å². The lowest BCUT2D eigenvalue weighted by atomic mass is 9.89. The van der Waals surface area contributed by atoms with Gasteiger partial charge in [-0.1, -0.05) is 85.2 Å². The molecule has 1 aromatic carbocycles. The van der Waals surface area contributed by atoms with Gasteiger partial charge < -0.3 is 40.2 Å². The molecule has 296 valence electrons. The van der Waals surface area contributed by atoms with Crippen molar-refractivity contribution in [1.29, 1.82) is 0 Å². The molecule has 0 bridgehead atoms. The van der Waals surface area contributed by atoms with Gasteiger partial charge in [-0.15, -0.1) is 0 Å². The maximum atomic E-state index is 14.1. The van der Waals surface area contributed by atoms with Gasteiger partial charge in [0.2, 0.25) is 23.6 Å². The summed E-state index contributed by atoms with van der Waals surface area (Å²) >= 11 is 0. The molecule has 2 rings (SSSR count). The molecule has 1 saturated heterocycles. The minimum atomic E-state index is -0.886. The molecule has 1 aliphatic heterocycles. The molecule has 52 heavy (non-hydrogen) atoms. The molecule has 0 unspecified atom stereocenters. The Morgan fingerprint density at radius 2 is 1.54 bits per heavy atom. The Balaban J connectivity index is 2.25. The molecule has 0 spiro atoms. The Bertz CT molecular complexity index is 1270. The van der Waals surface area contributed by atoms with Crippen LogP contribution in [0, 0.1) is 23.7 Å². The molecule has 1 aliphatic rings. The minimum Gasteiger partial charge on any atom is -0.386 e. The molecule has 0 aliphatic carbocycles. The highest BCUT2D eigenvalue weighted by atomic mass is 16.5. The summed E-state index contributed by atoms with van der Waals surface area (Å²) in [5, 5.41) is 27.6. The van der Waals surface area contributed by atoms with Gasteiger partial charge in [0.05, 0.1) is 48.8 Å². The van der Waals surface area contributed by atoms with Gasteiger partial charge in [-0.25, -0.2) is 0 Å². The van der Waals surface area contributed by atoms with E-state index in [1.54, 1.807) is 37.8 Å². The van der Waals surface area contributed by atoms with Crippen LogP contribution in [0.15, 0.2) is 30.3 Å². The Kier molecular flexibility index (Phi) is 18.2. The summed E-state index contributed by atoms with van der Waals surface area (Å²) in [6.45, 7) is 15.4. The number of hydrogen-bond donors (Lipinski definition) is 4. The van der Waals surface area contributed by atoms with Crippen LogP contribution in [0.2, 0.25) is 0 Å². The summed E-state index contributed by atoms with van der Waals surface area (Å²) in [6, 6.07) is 6.05. The molecule has 1 fully saturated rings. The van der Waals surface area contributed by atoms with Crippen molar-refractivity contribution in [1.82, 2.24) is 25.5 Å². The van der Waals surface area contributed by atoms with E-state index in [4.69, 9.17) is 9.47 Å². The SMILES string of the molecule is CC[C@H](C)[C@@H]([C@@H](CC(=O)N1CCC[C@H]1[C@H](OC)[C@@H](C)C(=O)N[C@H](C)[C@@H](O)c1ccccc1)OC)N(C)C(=O)[C@@H](NC(=O)[C@H](C(C)C)N(C)O)C(C)C. The van der Waals surface area contributed by atoms with E-state index >= 15 is 0 Å². The number of ether oxygens (including phenoxy) is 2. The maximum absolute atomic E-state index is 14.1. The number of aliphatic hydroxyl groups excluding tert-OH is 1. The standard InChI is InChI=1S/C39H67N5O8/c1-13-25(6)34(42(9)39(49)32(23(2)3)41-38(48)33(24(4)5)43(10)50)30(51-11)22-31(45)44-21-17-20-29(44)36(52-12)26(7)37(47)40-27(8)35(46)28-18-15-14-16-19-28/h14-16,18-19,23-27,29-30,32-36,46,50H,13,17,20-22H2,1-12H3,(H,40,47)(H,41,48)/t25-,26+,27+,29-,30+,32-,33-,34-,35+,36+/m0/s1. The lowest BCUT2D eigenvalue weighted by Crippen LogP contribution is -2.59. The van der Waals surface area contributed by atoms with Crippen molar-refractivity contribution < 1.29 is 39.0 Å². The fourth-order valence-corrected chi connectivity index (χ4v) is 7.56. The third-order valence-electron chi connectivity index (χ3n) is 10.8. The number of hydroxylamine groups is 2. The van der Waals surface area contributed by atoms with Crippen molar-refractivity contribution >= 4 is 23.6 Å². The van der Waals surface area contributed by atoms with E-state index in [1.807, 2.05) is 71.9 Å². The number of amides is 4. The van der Waals surface area contributed by atoms with E-state index in [9.17, 15) is 29.5 Å². The number of carbonyl (C=O) groups excluding carboxylic acids is 4. The molecule has 13 nitrogen and oxygen atoms in total. The third-order valence-corrected chi connectivity index (χ3v) is 10.8. The van der Waals surface area contributed by atoms with Crippen LogP contribution in [-0.2, 0) is 28.7 Å². The zero-order valence-corrected chi connectivity index (χ0v) is 33.5. The van der Waals surface area contributed by atoms with Crippen molar-refractivity contribution in [3.05, 3.63) is 35.9 Å². The molecule has 10 atom stereocenters. The monoisotopic (exact) mass is 733 g/mol. The number of nitrogens with zero attached hydrogens (tertiary/aromatic N) is 3. The van der Waals surface area contributed by atoms with Crippen LogP contribution in [0.3, 0.4) is 0 Å². The third kappa shape index (κ3) is 11.4. The van der Waals surface area contributed by atoms with Crippen LogP contribution in [0.25, 0.3) is 0 Å². The maximum Gasteiger partial charge on any atom is 0.245 e. The van der Waals surface area contributed by atoms with Crippen LogP contribution >= 0.6 is 0 Å². The van der Waals surface area contributed by atoms with E-state index in [0.717, 1.165) is 11.5 Å². The quantitative estimate of drug-likeness (QED) is 0.147. The molecule has 0 aromatic heterocycles. The normalized spacial score (nSPS) is 20.1. The molecule has 1 aromatic rings. The van der Waals surface area contributed by atoms with Gasteiger partial charge in [-0.3, -0.25) is 19.2 Å². The second-order valence-corrected chi connectivity index (χ2v) is 15.2. The average Bonchev–Trinajstić information content (AvgIpc) is 3.59. The summed E-state index contributed by atoms with van der Waals surface area (Å²) in [4.78, 5) is 58.3. The minimum absolute atomic E-state index is 0.000372. The molecule has 13 heteroatoms. The summed E-state index contributed by atoms with van der Waals surface area (Å²) < 4.78 is 11.9. The van der Waals surface area contributed by atoms with E-state index < -0.39 is 54.3 Å². The van der Waals surface area contributed by atoms with Crippen LogP contribution in [0.4, 0.5) is 0 Å². The second-order valence-electron chi connectivity index (χ2n) is 15.2. The number of benzene rings is 1. The summed E-state index contributed by atoms with van der Waals surface area (Å²) in [6.07, 6.45) is -0.0211. The van der Waals surface area contributed by atoms with E-state index in [1.165, 1.54) is 14.2 Å². The molecular weight excluding hydrogens is 666 g/mol. The van der Waals surface area contributed by atoms with Crippen LogP contribution in [-0.4, -0.2) is 126 Å². The predicted molar refractivity (Wildman–Crippen MR) is 200 cm³/mol. The van der Waals surface area contributed by atoms with Crippen LogP contribution in [0.5, 0.6) is 0 Å². The number of methoxy groups -OCH3 is 2. The molecule has 4 N–H and O–H groups in total. The topological polar surface area (TPSA) is 161 Å². The largest absolute Gasteiger partial charge is 0.386 e. The lowest BCUT2D eigenvalue weighted by Gasteiger charge is -2.41. The first-order valence-corrected chi connectivity index (χ1v) is 18.8. The van der Waals surface area contributed by atoms with E-state index in [-0.39, 0.29) is 47.9 Å². The van der Waals surface area contributed by atoms with Gasteiger partial charge in [0, 0.05) is 34.9 Å². The van der Waals surface area contributed by atoms with Crippen molar-refractivity contribution in [3.63, 3.8) is 0 Å². The first kappa shape index (κ1) is 45.1. The Hall–Kier alpha value is -3.10. The number of likely N-dealkylation sites (N-methyl/N-ethyl adjacent to an activating group) is 2. The number of hydrogen-bond acceptors (Lipinski definition) is 9. The average molecular weight is 734 g/mol. The fraction of sp³-hybridized carbons (Fsp3) is 0.744. The first-order chi connectivity index (χ1) is 24.4. The smallest absolute Gasteiger partial charge is 0.245 e. The Morgan fingerprint density at radius 3 is 2.04 bits per heavy atom. The zero-order chi connectivity index (χ0) is 39.4. The molecule has 1 heterocycles. The van der Waals surface area contributed by atoms with Crippen LogP contribution in [0.1, 0.15) is 92.7 Å². The number of aliphatic hydroxyl groups is 1. The highest BCUT2D eigenvalue weighted by Gasteiger charge is 2.43. The second kappa shape index (κ2) is 21.0. The van der Waals surface area contributed by atoms with E-state index in [2.05, 4.69) is 10.6 Å². The summed E-state index contributed by atoms with van der Waals surface area (Å²) in [5.74, 6) is -2.33. The van der Waals surface area contributed by atoms with E-state index in [0.29, 0.717) is 24.9 Å². The predicted octanol–water partition coefficient (Wildman–Crippen LogP) is 3.63. The molecule has 0 saturated carbocycles.